The Hall–Kier alpha value is -3.07. The van der Waals surface area contributed by atoms with Crippen LogP contribution in [0.25, 0.3) is 0 Å². The van der Waals surface area contributed by atoms with Crippen molar-refractivity contribution in [3.05, 3.63) is 77.3 Å². The third kappa shape index (κ3) is 5.78. The van der Waals surface area contributed by atoms with Crippen LogP contribution in [0.5, 0.6) is 17.2 Å². The number of benzene rings is 3. The molecular weight excluding hydrogens is 488 g/mol. The maximum Gasteiger partial charge on any atom is 0.246 e. The van der Waals surface area contributed by atoms with E-state index >= 15 is 0 Å². The van der Waals surface area contributed by atoms with Crippen molar-refractivity contribution in [2.45, 2.75) is 24.7 Å². The number of nitrogens with zero attached hydrogens (tertiary/aromatic N) is 1. The van der Waals surface area contributed by atoms with E-state index in [1.54, 1.807) is 36.4 Å². The normalized spacial score (nSPS) is 14.9. The van der Waals surface area contributed by atoms with Gasteiger partial charge in [-0.1, -0.05) is 35.9 Å². The second kappa shape index (κ2) is 10.7. The molecule has 1 aliphatic rings. The van der Waals surface area contributed by atoms with Crippen LogP contribution in [0.1, 0.15) is 18.4 Å². The number of rotatable bonds is 7. The molecule has 0 aliphatic carbocycles. The first kappa shape index (κ1) is 25.0. The standard InChI is InChI=1S/C26H27ClN2O5S/c1-18-8-10-24(33-2)25(16-18)35(31,32)29-14-12-19(13-15-29)26(30)28-22-17-20(27)9-11-23(22)34-21-6-4-3-5-7-21/h3-11,16-17,19H,12-15H2,1-2H3,(H,28,30). The summed E-state index contributed by atoms with van der Waals surface area (Å²) in [6, 6.07) is 19.4. The van der Waals surface area contributed by atoms with Crippen LogP contribution in [0.15, 0.2) is 71.6 Å². The zero-order valence-corrected chi connectivity index (χ0v) is 21.1. The lowest BCUT2D eigenvalue weighted by atomic mass is 9.97. The van der Waals surface area contributed by atoms with Crippen LogP contribution < -0.4 is 14.8 Å². The molecule has 184 valence electrons. The largest absolute Gasteiger partial charge is 0.495 e. The van der Waals surface area contributed by atoms with E-state index in [1.165, 1.54) is 11.4 Å². The third-order valence-electron chi connectivity index (χ3n) is 5.93. The molecule has 0 aromatic heterocycles. The first-order chi connectivity index (χ1) is 16.8. The van der Waals surface area contributed by atoms with E-state index in [9.17, 15) is 13.2 Å². The van der Waals surface area contributed by atoms with Crippen molar-refractivity contribution >= 4 is 33.2 Å². The van der Waals surface area contributed by atoms with Gasteiger partial charge in [-0.15, -0.1) is 0 Å². The van der Waals surface area contributed by atoms with Gasteiger partial charge in [0.25, 0.3) is 0 Å². The fourth-order valence-electron chi connectivity index (χ4n) is 4.02. The summed E-state index contributed by atoms with van der Waals surface area (Å²) in [7, 11) is -2.29. The quantitative estimate of drug-likeness (QED) is 0.450. The molecule has 0 atom stereocenters. The summed E-state index contributed by atoms with van der Waals surface area (Å²) in [6.45, 7) is 2.31. The summed E-state index contributed by atoms with van der Waals surface area (Å²) in [5.74, 6) is 0.873. The van der Waals surface area contributed by atoms with Crippen molar-refractivity contribution in [2.24, 2.45) is 5.92 Å². The maximum absolute atomic E-state index is 13.3. The lowest BCUT2D eigenvalue weighted by molar-refractivity contribution is -0.120. The highest BCUT2D eigenvalue weighted by atomic mass is 35.5. The van der Waals surface area contributed by atoms with Gasteiger partial charge in [0.1, 0.15) is 16.4 Å². The lowest BCUT2D eigenvalue weighted by Crippen LogP contribution is -2.41. The number of carbonyl (C=O) groups is 1. The van der Waals surface area contributed by atoms with Gasteiger partial charge in [-0.3, -0.25) is 4.79 Å². The van der Waals surface area contributed by atoms with E-state index in [0.717, 1.165) is 5.56 Å². The number of nitrogens with one attached hydrogen (secondary N) is 1. The Balaban J connectivity index is 1.44. The van der Waals surface area contributed by atoms with Crippen molar-refractivity contribution < 1.29 is 22.7 Å². The van der Waals surface area contributed by atoms with Crippen molar-refractivity contribution in [2.75, 3.05) is 25.5 Å². The number of sulfonamides is 1. The van der Waals surface area contributed by atoms with Gasteiger partial charge in [0.15, 0.2) is 5.75 Å². The molecule has 7 nitrogen and oxygen atoms in total. The van der Waals surface area contributed by atoms with Gasteiger partial charge in [0.05, 0.1) is 12.8 Å². The van der Waals surface area contributed by atoms with Gasteiger partial charge in [-0.05, 0) is 67.8 Å². The van der Waals surface area contributed by atoms with Crippen LogP contribution in [0, 0.1) is 12.8 Å². The highest BCUT2D eigenvalue weighted by Crippen LogP contribution is 2.34. The number of methoxy groups -OCH3 is 1. The highest BCUT2D eigenvalue weighted by molar-refractivity contribution is 7.89. The highest BCUT2D eigenvalue weighted by Gasteiger charge is 2.34. The SMILES string of the molecule is COc1ccc(C)cc1S(=O)(=O)N1CCC(C(=O)Nc2cc(Cl)ccc2Oc2ccccc2)CC1. The van der Waals surface area contributed by atoms with E-state index in [-0.39, 0.29) is 29.8 Å². The number of carbonyl (C=O) groups excluding carboxylic acids is 1. The molecule has 9 heteroatoms. The van der Waals surface area contributed by atoms with Crippen LogP contribution in [-0.4, -0.2) is 38.8 Å². The lowest BCUT2D eigenvalue weighted by Gasteiger charge is -2.31. The van der Waals surface area contributed by atoms with Gasteiger partial charge < -0.3 is 14.8 Å². The molecule has 0 spiro atoms. The van der Waals surface area contributed by atoms with E-state index in [4.69, 9.17) is 21.1 Å². The van der Waals surface area contributed by atoms with Crippen LogP contribution >= 0.6 is 11.6 Å². The van der Waals surface area contributed by atoms with E-state index in [2.05, 4.69) is 5.32 Å². The van der Waals surface area contributed by atoms with E-state index in [1.807, 2.05) is 37.3 Å². The molecule has 1 amide bonds. The van der Waals surface area contributed by atoms with Crippen LogP contribution in [-0.2, 0) is 14.8 Å². The van der Waals surface area contributed by atoms with Gasteiger partial charge in [0, 0.05) is 24.0 Å². The minimum atomic E-state index is -3.74. The molecule has 0 saturated carbocycles. The summed E-state index contributed by atoms with van der Waals surface area (Å²) in [5, 5.41) is 3.38. The number of anilines is 1. The second-order valence-electron chi connectivity index (χ2n) is 8.38. The van der Waals surface area contributed by atoms with Gasteiger partial charge >= 0.3 is 0 Å². The molecule has 1 saturated heterocycles. The average molecular weight is 515 g/mol. The molecule has 1 N–H and O–H groups in total. The number of para-hydroxylation sites is 1. The predicted molar refractivity (Wildman–Crippen MR) is 136 cm³/mol. The van der Waals surface area contributed by atoms with E-state index < -0.39 is 10.0 Å². The molecular formula is C26H27ClN2O5S. The molecule has 35 heavy (non-hydrogen) atoms. The Kier molecular flexibility index (Phi) is 7.64. The number of piperidine rings is 1. The summed E-state index contributed by atoms with van der Waals surface area (Å²) in [5.41, 5.74) is 1.29. The maximum atomic E-state index is 13.3. The molecule has 1 heterocycles. The number of halogens is 1. The number of hydrogen-bond donors (Lipinski definition) is 1. The topological polar surface area (TPSA) is 84.9 Å². The predicted octanol–water partition coefficient (Wildman–Crippen LogP) is 5.49. The van der Waals surface area contributed by atoms with Crippen molar-refractivity contribution in [3.63, 3.8) is 0 Å². The summed E-state index contributed by atoms with van der Waals surface area (Å²) >= 11 is 6.16. The Morgan fingerprint density at radius 2 is 1.69 bits per heavy atom. The minimum Gasteiger partial charge on any atom is -0.495 e. The number of amides is 1. The monoisotopic (exact) mass is 514 g/mol. The smallest absolute Gasteiger partial charge is 0.246 e. The summed E-state index contributed by atoms with van der Waals surface area (Å²) in [6.07, 6.45) is 0.795. The molecule has 0 bridgehead atoms. The zero-order chi connectivity index (χ0) is 25.0. The minimum absolute atomic E-state index is 0.143. The Bertz CT molecular complexity index is 1310. The summed E-state index contributed by atoms with van der Waals surface area (Å²) in [4.78, 5) is 13.2. The van der Waals surface area contributed by atoms with Crippen LogP contribution in [0.2, 0.25) is 5.02 Å². The Morgan fingerprint density at radius 1 is 1.00 bits per heavy atom. The van der Waals surface area contributed by atoms with Crippen molar-refractivity contribution in [1.82, 2.24) is 4.31 Å². The second-order valence-corrected chi connectivity index (χ2v) is 10.7. The number of hydrogen-bond acceptors (Lipinski definition) is 5. The Morgan fingerprint density at radius 3 is 2.37 bits per heavy atom. The molecule has 0 unspecified atom stereocenters. The first-order valence-electron chi connectivity index (χ1n) is 11.3. The molecule has 3 aromatic carbocycles. The van der Waals surface area contributed by atoms with Gasteiger partial charge in [-0.25, -0.2) is 8.42 Å². The first-order valence-corrected chi connectivity index (χ1v) is 13.1. The van der Waals surface area contributed by atoms with Crippen molar-refractivity contribution in [1.29, 1.82) is 0 Å². The molecule has 1 aliphatic heterocycles. The van der Waals surface area contributed by atoms with Gasteiger partial charge in [0.2, 0.25) is 15.9 Å². The summed E-state index contributed by atoms with van der Waals surface area (Å²) < 4.78 is 39.1. The molecule has 3 aromatic rings. The number of ether oxygens (including phenoxy) is 2. The van der Waals surface area contributed by atoms with E-state index in [0.29, 0.717) is 40.8 Å². The van der Waals surface area contributed by atoms with Crippen LogP contribution in [0.4, 0.5) is 5.69 Å². The van der Waals surface area contributed by atoms with Gasteiger partial charge in [-0.2, -0.15) is 4.31 Å². The zero-order valence-electron chi connectivity index (χ0n) is 19.5. The number of aryl methyl sites for hydroxylation is 1. The molecule has 1 fully saturated rings. The molecule has 0 radical (unpaired) electrons. The fourth-order valence-corrected chi connectivity index (χ4v) is 5.90. The fraction of sp³-hybridized carbons (Fsp3) is 0.269. The van der Waals surface area contributed by atoms with Crippen LogP contribution in [0.3, 0.4) is 0 Å². The molecule has 4 rings (SSSR count). The average Bonchev–Trinajstić information content (AvgIpc) is 2.86. The van der Waals surface area contributed by atoms with Crippen molar-refractivity contribution in [3.8, 4) is 17.2 Å². The Labute approximate surface area is 210 Å². The third-order valence-corrected chi connectivity index (χ3v) is 8.09.